The van der Waals surface area contributed by atoms with Gasteiger partial charge in [-0.25, -0.2) is 4.79 Å². The van der Waals surface area contributed by atoms with Gasteiger partial charge < -0.3 is 19.8 Å². The summed E-state index contributed by atoms with van der Waals surface area (Å²) in [6.07, 6.45) is 0. The van der Waals surface area contributed by atoms with E-state index >= 15 is 0 Å². The summed E-state index contributed by atoms with van der Waals surface area (Å²) in [4.78, 5) is 29.4. The number of benzene rings is 3. The third-order valence-corrected chi connectivity index (χ3v) is 6.76. The fourth-order valence-electron chi connectivity index (χ4n) is 5.03. The molecule has 0 radical (unpaired) electrons. The van der Waals surface area contributed by atoms with Gasteiger partial charge in [-0.1, -0.05) is 54.1 Å². The number of nitrogens with zero attached hydrogens (tertiary/aromatic N) is 2. The number of hydrogen-bond acceptors (Lipinski definition) is 6. The third-order valence-electron chi connectivity index (χ3n) is 6.50. The van der Waals surface area contributed by atoms with Crippen LogP contribution >= 0.6 is 11.6 Å². The zero-order valence-corrected chi connectivity index (χ0v) is 18.9. The largest absolute Gasteiger partial charge is 0.439 e. The first-order valence-corrected chi connectivity index (χ1v) is 11.1. The van der Waals surface area contributed by atoms with Gasteiger partial charge in [0, 0.05) is 16.3 Å². The number of nitrogens with two attached hydrogens (primary N) is 1. The second-order valence-electron chi connectivity index (χ2n) is 8.33. The molecule has 7 nitrogen and oxygen atoms in total. The Hall–Kier alpha value is -4.54. The van der Waals surface area contributed by atoms with Crippen molar-refractivity contribution in [3.8, 4) is 11.8 Å². The summed E-state index contributed by atoms with van der Waals surface area (Å²) in [6.45, 7) is 0.197. The number of ether oxygens (including phenoxy) is 1. The Morgan fingerprint density at radius 3 is 2.49 bits per heavy atom. The van der Waals surface area contributed by atoms with Gasteiger partial charge in [0.2, 0.25) is 11.8 Å². The molecule has 3 heterocycles. The first-order chi connectivity index (χ1) is 17.0. The first-order valence-electron chi connectivity index (χ1n) is 10.8. The monoisotopic (exact) mass is 481 g/mol. The van der Waals surface area contributed by atoms with Crippen LogP contribution in [0.1, 0.15) is 16.7 Å². The van der Waals surface area contributed by atoms with E-state index in [0.29, 0.717) is 21.7 Å². The number of fused-ring (bicyclic) bond motifs is 6. The molecule has 0 unspecified atom stereocenters. The summed E-state index contributed by atoms with van der Waals surface area (Å²) in [5, 5.41) is 11.2. The van der Waals surface area contributed by atoms with Crippen LogP contribution in [0.5, 0.6) is 5.75 Å². The molecule has 1 spiro atoms. The van der Waals surface area contributed by atoms with Gasteiger partial charge >= 0.3 is 5.63 Å². The van der Waals surface area contributed by atoms with E-state index in [9.17, 15) is 14.9 Å². The number of hydrogen-bond donors (Lipinski definition) is 1. The molecule has 1 aromatic heterocycles. The molecule has 2 aliphatic rings. The Labute approximate surface area is 204 Å². The quantitative estimate of drug-likeness (QED) is 0.426. The molecule has 0 saturated heterocycles. The molecular formula is C27H16ClN3O4. The van der Waals surface area contributed by atoms with Crippen LogP contribution in [0, 0.1) is 11.3 Å². The molecule has 6 rings (SSSR count). The highest BCUT2D eigenvalue weighted by molar-refractivity contribution is 6.30. The van der Waals surface area contributed by atoms with Crippen molar-refractivity contribution >= 4 is 34.2 Å². The Bertz CT molecular complexity index is 1680. The van der Waals surface area contributed by atoms with E-state index in [2.05, 4.69) is 0 Å². The van der Waals surface area contributed by atoms with E-state index in [1.165, 1.54) is 0 Å². The van der Waals surface area contributed by atoms with Crippen LogP contribution in [-0.2, 0) is 16.8 Å². The lowest BCUT2D eigenvalue weighted by Gasteiger charge is -2.33. The minimum Gasteiger partial charge on any atom is -0.439 e. The van der Waals surface area contributed by atoms with Crippen LogP contribution < -0.4 is 21.0 Å². The molecule has 170 valence electrons. The predicted octanol–water partition coefficient (Wildman–Crippen LogP) is 4.37. The molecular weight excluding hydrogens is 466 g/mol. The number of rotatable bonds is 2. The van der Waals surface area contributed by atoms with Gasteiger partial charge in [-0.2, -0.15) is 5.26 Å². The maximum atomic E-state index is 14.4. The summed E-state index contributed by atoms with van der Waals surface area (Å²) in [5.74, 6) is -0.600. The SMILES string of the molecule is N#CC1=C(N)Oc2c(c(=O)oc3ccccc23)[C@@]12C(=O)N(Cc1ccc(Cl)cc1)c1ccccc12. The average Bonchev–Trinajstić information content (AvgIpc) is 3.09. The van der Waals surface area contributed by atoms with Crippen molar-refractivity contribution in [2.24, 2.45) is 5.73 Å². The van der Waals surface area contributed by atoms with E-state index in [0.717, 1.165) is 5.56 Å². The van der Waals surface area contributed by atoms with Crippen LogP contribution in [0.4, 0.5) is 5.69 Å². The number of carbonyl (C=O) groups is 1. The fourth-order valence-corrected chi connectivity index (χ4v) is 5.15. The summed E-state index contributed by atoms with van der Waals surface area (Å²) in [7, 11) is 0. The number of halogens is 1. The summed E-state index contributed by atoms with van der Waals surface area (Å²) in [5.41, 5.74) is 5.61. The molecule has 0 aliphatic carbocycles. The van der Waals surface area contributed by atoms with Gasteiger partial charge in [0.25, 0.3) is 0 Å². The van der Waals surface area contributed by atoms with Crippen LogP contribution in [0.25, 0.3) is 11.0 Å². The predicted molar refractivity (Wildman–Crippen MR) is 130 cm³/mol. The second kappa shape index (κ2) is 7.49. The van der Waals surface area contributed by atoms with Crippen LogP contribution in [-0.4, -0.2) is 5.91 Å². The number of carbonyl (C=O) groups excluding carboxylic acids is 1. The smallest absolute Gasteiger partial charge is 0.345 e. The van der Waals surface area contributed by atoms with Crippen molar-refractivity contribution in [2.75, 3.05) is 4.90 Å². The van der Waals surface area contributed by atoms with Gasteiger partial charge in [0.1, 0.15) is 22.8 Å². The van der Waals surface area contributed by atoms with Gasteiger partial charge in [-0.05, 0) is 35.9 Å². The highest BCUT2D eigenvalue weighted by atomic mass is 35.5. The molecule has 3 aromatic carbocycles. The summed E-state index contributed by atoms with van der Waals surface area (Å²) in [6, 6.07) is 23.0. The average molecular weight is 482 g/mol. The zero-order valence-electron chi connectivity index (χ0n) is 18.1. The van der Waals surface area contributed by atoms with Crippen molar-refractivity contribution in [3.63, 3.8) is 0 Å². The van der Waals surface area contributed by atoms with Crippen molar-refractivity contribution in [2.45, 2.75) is 12.0 Å². The Balaban J connectivity index is 1.68. The van der Waals surface area contributed by atoms with Crippen LogP contribution in [0.15, 0.2) is 93.5 Å². The molecule has 1 amide bonds. The van der Waals surface area contributed by atoms with Crippen molar-refractivity contribution < 1.29 is 13.9 Å². The van der Waals surface area contributed by atoms with E-state index in [-0.39, 0.29) is 34.9 Å². The molecule has 1 atom stereocenters. The maximum Gasteiger partial charge on any atom is 0.345 e. The lowest BCUT2D eigenvalue weighted by Crippen LogP contribution is -2.48. The molecule has 2 aliphatic heterocycles. The second-order valence-corrected chi connectivity index (χ2v) is 8.76. The lowest BCUT2D eigenvalue weighted by atomic mass is 9.69. The summed E-state index contributed by atoms with van der Waals surface area (Å²) >= 11 is 6.03. The molecule has 4 aromatic rings. The van der Waals surface area contributed by atoms with E-state index < -0.39 is 16.9 Å². The molecule has 0 saturated carbocycles. The standard InChI is InChI=1S/C27H16ClN3O4/c28-16-11-9-15(10-12-16)14-31-20-7-3-2-6-18(20)27(26(31)33)19(13-29)24(30)35-23-17-5-1-4-8-21(17)34-25(32)22(23)27/h1-12H,14,30H2/t27-/m0/s1. The van der Waals surface area contributed by atoms with Gasteiger partial charge in [-0.15, -0.1) is 0 Å². The number of nitriles is 1. The summed E-state index contributed by atoms with van der Waals surface area (Å²) < 4.78 is 11.4. The first kappa shape index (κ1) is 21.0. The minimum atomic E-state index is -1.81. The third kappa shape index (κ3) is 2.78. The molecule has 2 N–H and O–H groups in total. The Morgan fingerprint density at radius 2 is 1.71 bits per heavy atom. The lowest BCUT2D eigenvalue weighted by molar-refractivity contribution is -0.121. The van der Waals surface area contributed by atoms with Crippen LogP contribution in [0.3, 0.4) is 0 Å². The van der Waals surface area contributed by atoms with E-state index in [4.69, 9.17) is 26.5 Å². The molecule has 0 bridgehead atoms. The zero-order chi connectivity index (χ0) is 24.3. The van der Waals surface area contributed by atoms with E-state index in [1.807, 2.05) is 18.2 Å². The van der Waals surface area contributed by atoms with Gasteiger partial charge in [0.15, 0.2) is 11.2 Å². The number of anilines is 1. The van der Waals surface area contributed by atoms with E-state index in [1.54, 1.807) is 65.6 Å². The Kier molecular flexibility index (Phi) is 4.50. The maximum absolute atomic E-state index is 14.4. The molecule has 0 fully saturated rings. The topological polar surface area (TPSA) is 110 Å². The molecule has 35 heavy (non-hydrogen) atoms. The minimum absolute atomic E-state index is 0.0574. The highest BCUT2D eigenvalue weighted by Gasteiger charge is 2.61. The normalized spacial score (nSPS) is 18.4. The van der Waals surface area contributed by atoms with Crippen molar-refractivity contribution in [3.05, 3.63) is 116 Å². The van der Waals surface area contributed by atoms with Crippen molar-refractivity contribution in [1.82, 2.24) is 0 Å². The van der Waals surface area contributed by atoms with Crippen molar-refractivity contribution in [1.29, 1.82) is 5.26 Å². The highest BCUT2D eigenvalue weighted by Crippen LogP contribution is 2.55. The Morgan fingerprint density at radius 1 is 1.00 bits per heavy atom. The fraction of sp³-hybridized carbons (Fsp3) is 0.0741. The van der Waals surface area contributed by atoms with Gasteiger partial charge in [0.05, 0.1) is 11.9 Å². The number of amides is 1. The van der Waals surface area contributed by atoms with Crippen LogP contribution in [0.2, 0.25) is 5.02 Å². The molecule has 8 heteroatoms. The van der Waals surface area contributed by atoms with Gasteiger partial charge in [-0.3, -0.25) is 4.79 Å². The number of para-hydroxylation sites is 2.